The summed E-state index contributed by atoms with van der Waals surface area (Å²) in [6.45, 7) is 6.37. The van der Waals surface area contributed by atoms with E-state index in [1.165, 1.54) is 0 Å². The molecule has 26 heavy (non-hydrogen) atoms. The highest BCUT2D eigenvalue weighted by atomic mass is 32.1. The fraction of sp³-hybridized carbons (Fsp3) is 0.556. The highest BCUT2D eigenvalue weighted by Crippen LogP contribution is 2.30. The first-order chi connectivity index (χ1) is 12.7. The Morgan fingerprint density at radius 3 is 2.69 bits per heavy atom. The highest BCUT2D eigenvalue weighted by Gasteiger charge is 2.28. The zero-order valence-electron chi connectivity index (χ0n) is 15.5. The van der Waals surface area contributed by atoms with Crippen LogP contribution in [0.15, 0.2) is 23.8 Å². The number of thiazole rings is 1. The van der Waals surface area contributed by atoms with Crippen molar-refractivity contribution < 1.29 is 0 Å². The fourth-order valence-electron chi connectivity index (χ4n) is 3.60. The third kappa shape index (κ3) is 3.31. The van der Waals surface area contributed by atoms with Crippen molar-refractivity contribution in [3.05, 3.63) is 34.7 Å². The number of likely N-dealkylation sites (tertiary alicyclic amines) is 1. The van der Waals surface area contributed by atoms with Gasteiger partial charge in [0.15, 0.2) is 5.82 Å². The predicted molar refractivity (Wildman–Crippen MR) is 102 cm³/mol. The molecule has 0 amide bonds. The molecule has 1 saturated heterocycles. The third-order valence-corrected chi connectivity index (χ3v) is 5.84. The maximum absolute atomic E-state index is 4.94. The van der Waals surface area contributed by atoms with Crippen molar-refractivity contribution in [1.29, 1.82) is 0 Å². The fourth-order valence-corrected chi connectivity index (χ4v) is 4.19. The van der Waals surface area contributed by atoms with Gasteiger partial charge in [0.25, 0.3) is 0 Å². The molecule has 1 aliphatic heterocycles. The van der Waals surface area contributed by atoms with E-state index in [0.717, 1.165) is 54.7 Å². The Balaban J connectivity index is 1.76. The molecule has 0 spiro atoms. The van der Waals surface area contributed by atoms with E-state index >= 15 is 0 Å². The summed E-state index contributed by atoms with van der Waals surface area (Å²) in [5.74, 6) is 1.72. The SMILES string of the molecule is CC[C@@H](c1nc(-c2csc(C)n2)nn1C1CCN(C)CC1)n1cccn1. The lowest BCUT2D eigenvalue weighted by Crippen LogP contribution is -2.33. The van der Waals surface area contributed by atoms with Crippen LogP contribution in [0.25, 0.3) is 11.5 Å². The van der Waals surface area contributed by atoms with Crippen LogP contribution >= 0.6 is 11.3 Å². The molecular weight excluding hydrogens is 346 g/mol. The lowest BCUT2D eigenvalue weighted by Gasteiger charge is -2.30. The average molecular weight is 372 g/mol. The van der Waals surface area contributed by atoms with E-state index in [0.29, 0.717) is 6.04 Å². The number of aromatic nitrogens is 6. The van der Waals surface area contributed by atoms with Crippen molar-refractivity contribution in [2.75, 3.05) is 20.1 Å². The summed E-state index contributed by atoms with van der Waals surface area (Å²) < 4.78 is 4.15. The third-order valence-electron chi connectivity index (χ3n) is 5.07. The van der Waals surface area contributed by atoms with E-state index in [4.69, 9.17) is 10.1 Å². The number of hydrogen-bond acceptors (Lipinski definition) is 6. The smallest absolute Gasteiger partial charge is 0.200 e. The van der Waals surface area contributed by atoms with Crippen LogP contribution in [0, 0.1) is 6.92 Å². The first kappa shape index (κ1) is 17.4. The van der Waals surface area contributed by atoms with Gasteiger partial charge in [-0.2, -0.15) is 5.10 Å². The summed E-state index contributed by atoms with van der Waals surface area (Å²) in [4.78, 5) is 11.9. The molecule has 4 heterocycles. The van der Waals surface area contributed by atoms with Gasteiger partial charge in [0.05, 0.1) is 11.0 Å². The largest absolute Gasteiger partial charge is 0.306 e. The van der Waals surface area contributed by atoms with Crippen LogP contribution in [-0.4, -0.2) is 54.6 Å². The lowest BCUT2D eigenvalue weighted by atomic mass is 10.1. The van der Waals surface area contributed by atoms with Gasteiger partial charge in [0.2, 0.25) is 5.82 Å². The average Bonchev–Trinajstić information content (AvgIpc) is 3.37. The minimum absolute atomic E-state index is 0.0886. The number of piperidine rings is 1. The molecule has 1 fully saturated rings. The second-order valence-electron chi connectivity index (χ2n) is 6.93. The minimum Gasteiger partial charge on any atom is -0.306 e. The van der Waals surface area contributed by atoms with Crippen molar-refractivity contribution >= 4 is 11.3 Å². The second-order valence-corrected chi connectivity index (χ2v) is 8.00. The zero-order chi connectivity index (χ0) is 18.1. The molecule has 0 saturated carbocycles. The van der Waals surface area contributed by atoms with Crippen LogP contribution < -0.4 is 0 Å². The topological polar surface area (TPSA) is 64.7 Å². The van der Waals surface area contributed by atoms with E-state index in [-0.39, 0.29) is 6.04 Å². The van der Waals surface area contributed by atoms with Gasteiger partial charge in [-0.25, -0.2) is 14.6 Å². The van der Waals surface area contributed by atoms with Crippen LogP contribution in [0.4, 0.5) is 0 Å². The van der Waals surface area contributed by atoms with Crippen molar-refractivity contribution in [3.8, 4) is 11.5 Å². The summed E-state index contributed by atoms with van der Waals surface area (Å²) >= 11 is 1.64. The summed E-state index contributed by atoms with van der Waals surface area (Å²) in [7, 11) is 2.18. The molecule has 138 valence electrons. The van der Waals surface area contributed by atoms with Crippen molar-refractivity contribution in [2.45, 2.75) is 45.2 Å². The van der Waals surface area contributed by atoms with Crippen LogP contribution in [0.5, 0.6) is 0 Å². The molecule has 0 unspecified atom stereocenters. The van der Waals surface area contributed by atoms with Gasteiger partial charge in [-0.05, 0) is 52.4 Å². The Morgan fingerprint density at radius 2 is 2.08 bits per heavy atom. The van der Waals surface area contributed by atoms with Crippen LogP contribution in [0.1, 0.15) is 49.1 Å². The van der Waals surface area contributed by atoms with Gasteiger partial charge in [-0.15, -0.1) is 16.4 Å². The Labute approximate surface area is 157 Å². The number of rotatable bonds is 5. The molecule has 0 radical (unpaired) electrons. The zero-order valence-corrected chi connectivity index (χ0v) is 16.4. The molecule has 7 nitrogen and oxygen atoms in total. The van der Waals surface area contributed by atoms with Gasteiger partial charge in [-0.3, -0.25) is 4.68 Å². The molecule has 0 bridgehead atoms. The molecule has 0 N–H and O–H groups in total. The summed E-state index contributed by atoms with van der Waals surface area (Å²) in [5, 5.41) is 12.5. The Kier molecular flexibility index (Phi) is 4.86. The van der Waals surface area contributed by atoms with Crippen LogP contribution in [-0.2, 0) is 0 Å². The Hall–Kier alpha value is -2.06. The van der Waals surface area contributed by atoms with Crippen molar-refractivity contribution in [2.24, 2.45) is 0 Å². The van der Waals surface area contributed by atoms with E-state index in [2.05, 4.69) is 33.6 Å². The molecule has 8 heteroatoms. The van der Waals surface area contributed by atoms with E-state index in [9.17, 15) is 0 Å². The van der Waals surface area contributed by atoms with Crippen molar-refractivity contribution in [1.82, 2.24) is 34.4 Å². The minimum atomic E-state index is 0.0886. The second kappa shape index (κ2) is 7.28. The first-order valence-electron chi connectivity index (χ1n) is 9.22. The molecule has 0 aliphatic carbocycles. The maximum atomic E-state index is 4.94. The van der Waals surface area contributed by atoms with Gasteiger partial charge >= 0.3 is 0 Å². The van der Waals surface area contributed by atoms with Gasteiger partial charge in [0.1, 0.15) is 11.7 Å². The van der Waals surface area contributed by atoms with Gasteiger partial charge < -0.3 is 4.90 Å². The summed E-state index contributed by atoms with van der Waals surface area (Å²) in [6, 6.07) is 2.43. The monoisotopic (exact) mass is 371 g/mol. The molecule has 3 aromatic rings. The van der Waals surface area contributed by atoms with E-state index in [1.54, 1.807) is 11.3 Å². The van der Waals surface area contributed by atoms with Crippen LogP contribution in [0.3, 0.4) is 0 Å². The summed E-state index contributed by atoms with van der Waals surface area (Å²) in [6.07, 6.45) is 6.94. The molecular formula is C18H25N7S. The molecule has 0 aromatic carbocycles. The lowest BCUT2D eigenvalue weighted by molar-refractivity contribution is 0.206. The number of nitrogens with zero attached hydrogens (tertiary/aromatic N) is 7. The maximum Gasteiger partial charge on any atom is 0.200 e. The standard InChI is InChI=1S/C18H25N7S/c1-4-16(24-9-5-8-19-24)18-21-17(15-12-26-13(2)20-15)22-25(18)14-6-10-23(3)11-7-14/h5,8-9,12,14,16H,4,6-7,10-11H2,1-3H3/t16-/m0/s1. The quantitative estimate of drug-likeness (QED) is 0.689. The molecule has 3 aromatic heterocycles. The predicted octanol–water partition coefficient (Wildman–Crippen LogP) is 3.17. The highest BCUT2D eigenvalue weighted by molar-refractivity contribution is 7.09. The first-order valence-corrected chi connectivity index (χ1v) is 10.1. The van der Waals surface area contributed by atoms with Gasteiger partial charge in [0, 0.05) is 17.8 Å². The normalized spacial score (nSPS) is 17.7. The van der Waals surface area contributed by atoms with Crippen LogP contribution in [0.2, 0.25) is 0 Å². The van der Waals surface area contributed by atoms with E-state index < -0.39 is 0 Å². The Bertz CT molecular complexity index is 843. The number of aryl methyl sites for hydroxylation is 1. The molecule has 1 atom stereocenters. The van der Waals surface area contributed by atoms with E-state index in [1.807, 2.05) is 35.4 Å². The molecule has 4 rings (SSSR count). The number of hydrogen-bond donors (Lipinski definition) is 0. The Morgan fingerprint density at radius 1 is 1.27 bits per heavy atom. The van der Waals surface area contributed by atoms with Crippen molar-refractivity contribution in [3.63, 3.8) is 0 Å². The molecule has 1 aliphatic rings. The van der Waals surface area contributed by atoms with Gasteiger partial charge in [-0.1, -0.05) is 6.92 Å². The summed E-state index contributed by atoms with van der Waals surface area (Å²) in [5.41, 5.74) is 0.871.